The van der Waals surface area contributed by atoms with Crippen molar-refractivity contribution in [2.45, 2.75) is 12.3 Å². The Morgan fingerprint density at radius 3 is 1.92 bits per heavy atom. The summed E-state index contributed by atoms with van der Waals surface area (Å²) in [4.78, 5) is 1.68. The van der Waals surface area contributed by atoms with Crippen LogP contribution in [0.15, 0.2) is 0 Å². The summed E-state index contributed by atoms with van der Waals surface area (Å²) in [7, 11) is 3.46. The Labute approximate surface area is 77.0 Å². The summed E-state index contributed by atoms with van der Waals surface area (Å²) >= 11 is 0. The first-order chi connectivity index (χ1) is 4.93. The van der Waals surface area contributed by atoms with Gasteiger partial charge in [0.2, 0.25) is 0 Å². The number of alkyl halides is 2. The van der Waals surface area contributed by atoms with E-state index < -0.39 is 17.9 Å². The standard InChI is InChI=1S/C7H13F2NO.ClH/c1-10(2)4-6(5-11)3-7(6,8)9;/h11H,3-5H2,1-2H3;1H. The van der Waals surface area contributed by atoms with Crippen molar-refractivity contribution < 1.29 is 13.9 Å². The summed E-state index contributed by atoms with van der Waals surface area (Å²) in [5.41, 5.74) is -1.14. The van der Waals surface area contributed by atoms with Crippen LogP contribution in [-0.4, -0.2) is 43.2 Å². The molecule has 12 heavy (non-hydrogen) atoms. The average Bonchev–Trinajstić information content (AvgIpc) is 2.33. The number of hydrogen-bond acceptors (Lipinski definition) is 2. The van der Waals surface area contributed by atoms with Gasteiger partial charge in [-0.15, -0.1) is 12.4 Å². The number of aliphatic hydroxyl groups is 1. The second kappa shape index (κ2) is 3.44. The third kappa shape index (κ3) is 1.87. The number of hydrogen-bond donors (Lipinski definition) is 1. The lowest BCUT2D eigenvalue weighted by Crippen LogP contribution is -2.30. The Bertz CT molecular complexity index is 165. The summed E-state index contributed by atoms with van der Waals surface area (Å²) in [6.45, 7) is -0.158. The van der Waals surface area contributed by atoms with E-state index in [1.54, 1.807) is 19.0 Å². The topological polar surface area (TPSA) is 23.5 Å². The van der Waals surface area contributed by atoms with Crippen LogP contribution in [0.3, 0.4) is 0 Å². The van der Waals surface area contributed by atoms with Crippen molar-refractivity contribution in [1.82, 2.24) is 4.90 Å². The zero-order valence-electron chi connectivity index (χ0n) is 7.18. The Morgan fingerprint density at radius 1 is 1.42 bits per heavy atom. The summed E-state index contributed by atoms with van der Waals surface area (Å²) in [6.07, 6.45) is -0.172. The molecule has 0 aromatic rings. The molecule has 0 saturated heterocycles. The zero-order chi connectivity index (χ0) is 8.70. The Balaban J connectivity index is 0.00000121. The maximum absolute atomic E-state index is 12.6. The van der Waals surface area contributed by atoms with Crippen molar-refractivity contribution in [3.05, 3.63) is 0 Å². The highest BCUT2D eigenvalue weighted by Crippen LogP contribution is 2.60. The van der Waals surface area contributed by atoms with Crippen LogP contribution in [0.25, 0.3) is 0 Å². The number of aliphatic hydroxyl groups excluding tert-OH is 1. The van der Waals surface area contributed by atoms with Crippen LogP contribution in [-0.2, 0) is 0 Å². The molecule has 1 unspecified atom stereocenters. The van der Waals surface area contributed by atoms with Crippen molar-refractivity contribution in [3.63, 3.8) is 0 Å². The molecule has 1 rings (SSSR count). The second-order valence-corrected chi connectivity index (χ2v) is 3.56. The van der Waals surface area contributed by atoms with Gasteiger partial charge in [-0.25, -0.2) is 8.78 Å². The van der Waals surface area contributed by atoms with Crippen LogP contribution < -0.4 is 0 Å². The molecule has 0 spiro atoms. The van der Waals surface area contributed by atoms with Crippen molar-refractivity contribution in [2.75, 3.05) is 27.2 Å². The molecule has 1 atom stereocenters. The van der Waals surface area contributed by atoms with E-state index in [2.05, 4.69) is 0 Å². The first-order valence-electron chi connectivity index (χ1n) is 3.57. The fraction of sp³-hybridized carbons (Fsp3) is 1.00. The van der Waals surface area contributed by atoms with Crippen LogP contribution >= 0.6 is 12.4 Å². The van der Waals surface area contributed by atoms with E-state index in [9.17, 15) is 8.78 Å². The van der Waals surface area contributed by atoms with Gasteiger partial charge < -0.3 is 10.0 Å². The van der Waals surface area contributed by atoms with E-state index in [0.717, 1.165) is 0 Å². The summed E-state index contributed by atoms with van der Waals surface area (Å²) in [5, 5.41) is 8.73. The highest BCUT2D eigenvalue weighted by atomic mass is 35.5. The summed E-state index contributed by atoms with van der Waals surface area (Å²) < 4.78 is 25.3. The molecule has 0 radical (unpaired) electrons. The van der Waals surface area contributed by atoms with Crippen molar-refractivity contribution in [3.8, 4) is 0 Å². The minimum atomic E-state index is -2.65. The Kier molecular flexibility index (Phi) is 3.46. The third-order valence-corrected chi connectivity index (χ3v) is 2.13. The SMILES string of the molecule is CN(C)CC1(CO)CC1(F)F.Cl. The molecule has 74 valence electrons. The summed E-state index contributed by atoms with van der Waals surface area (Å²) in [6, 6.07) is 0. The molecule has 0 aromatic carbocycles. The molecular weight excluding hydrogens is 188 g/mol. The fourth-order valence-electron chi connectivity index (χ4n) is 1.38. The van der Waals surface area contributed by atoms with Gasteiger partial charge in [0.05, 0.1) is 12.0 Å². The van der Waals surface area contributed by atoms with Gasteiger partial charge in [-0.3, -0.25) is 0 Å². The monoisotopic (exact) mass is 201 g/mol. The molecule has 1 aliphatic carbocycles. The maximum Gasteiger partial charge on any atom is 0.258 e. The van der Waals surface area contributed by atoms with E-state index in [-0.39, 0.29) is 25.4 Å². The van der Waals surface area contributed by atoms with Gasteiger partial charge in [-0.2, -0.15) is 0 Å². The number of nitrogens with zero attached hydrogens (tertiary/aromatic N) is 1. The van der Waals surface area contributed by atoms with Gasteiger partial charge >= 0.3 is 0 Å². The van der Waals surface area contributed by atoms with E-state index in [4.69, 9.17) is 5.11 Å². The van der Waals surface area contributed by atoms with Gasteiger partial charge in [0.25, 0.3) is 5.92 Å². The smallest absolute Gasteiger partial charge is 0.258 e. The van der Waals surface area contributed by atoms with Gasteiger partial charge in [0, 0.05) is 13.0 Å². The molecule has 0 heterocycles. The zero-order valence-corrected chi connectivity index (χ0v) is 8.00. The largest absolute Gasteiger partial charge is 0.396 e. The summed E-state index contributed by atoms with van der Waals surface area (Å²) in [5.74, 6) is -2.65. The number of rotatable bonds is 3. The van der Waals surface area contributed by atoms with E-state index in [1.165, 1.54) is 0 Å². The highest BCUT2D eigenvalue weighted by molar-refractivity contribution is 5.85. The molecule has 5 heteroatoms. The van der Waals surface area contributed by atoms with E-state index in [0.29, 0.717) is 0 Å². The third-order valence-electron chi connectivity index (χ3n) is 2.13. The first kappa shape index (κ1) is 12.1. The lowest BCUT2D eigenvalue weighted by Gasteiger charge is -2.17. The van der Waals surface area contributed by atoms with Gasteiger partial charge in [-0.1, -0.05) is 0 Å². The molecule has 1 fully saturated rings. The average molecular weight is 202 g/mol. The van der Waals surface area contributed by atoms with E-state index in [1.807, 2.05) is 0 Å². The fourth-order valence-corrected chi connectivity index (χ4v) is 1.38. The van der Waals surface area contributed by atoms with Crippen molar-refractivity contribution in [1.29, 1.82) is 0 Å². The lowest BCUT2D eigenvalue weighted by molar-refractivity contribution is 0.0252. The maximum atomic E-state index is 12.6. The molecule has 0 aliphatic heterocycles. The molecular formula is C7H14ClF2NO. The minimum absolute atomic E-state index is 0. The van der Waals surface area contributed by atoms with Crippen LogP contribution in [0.1, 0.15) is 6.42 Å². The van der Waals surface area contributed by atoms with Crippen molar-refractivity contribution in [2.24, 2.45) is 5.41 Å². The molecule has 0 aromatic heterocycles. The Morgan fingerprint density at radius 2 is 1.83 bits per heavy atom. The predicted octanol–water partition coefficient (Wildman–Crippen LogP) is 0.987. The Hall–Kier alpha value is 0.0700. The molecule has 1 saturated carbocycles. The number of halogens is 3. The normalized spacial score (nSPS) is 31.5. The van der Waals surface area contributed by atoms with Gasteiger partial charge in [0.15, 0.2) is 0 Å². The van der Waals surface area contributed by atoms with Crippen LogP contribution in [0, 0.1) is 5.41 Å². The van der Waals surface area contributed by atoms with Gasteiger partial charge in [0.1, 0.15) is 0 Å². The van der Waals surface area contributed by atoms with Crippen molar-refractivity contribution >= 4 is 12.4 Å². The molecule has 0 bridgehead atoms. The molecule has 1 N–H and O–H groups in total. The van der Waals surface area contributed by atoms with Crippen LogP contribution in [0.4, 0.5) is 8.78 Å². The van der Waals surface area contributed by atoms with Crippen LogP contribution in [0.2, 0.25) is 0 Å². The highest BCUT2D eigenvalue weighted by Gasteiger charge is 2.70. The van der Waals surface area contributed by atoms with E-state index >= 15 is 0 Å². The lowest BCUT2D eigenvalue weighted by atomic mass is 10.1. The molecule has 2 nitrogen and oxygen atoms in total. The molecule has 1 aliphatic rings. The minimum Gasteiger partial charge on any atom is -0.396 e. The first-order valence-corrected chi connectivity index (χ1v) is 3.57. The molecule has 0 amide bonds. The quantitative estimate of drug-likeness (QED) is 0.736. The second-order valence-electron chi connectivity index (χ2n) is 3.56. The predicted molar refractivity (Wildman–Crippen MR) is 44.9 cm³/mol. The van der Waals surface area contributed by atoms with Crippen LogP contribution in [0.5, 0.6) is 0 Å². The van der Waals surface area contributed by atoms with Gasteiger partial charge in [-0.05, 0) is 14.1 Å².